The van der Waals surface area contributed by atoms with Gasteiger partial charge in [0.25, 0.3) is 5.56 Å². The van der Waals surface area contributed by atoms with Gasteiger partial charge in [0.2, 0.25) is 0 Å². The molecule has 0 spiro atoms. The Bertz CT molecular complexity index is 1190. The zero-order chi connectivity index (χ0) is 19.1. The van der Waals surface area contributed by atoms with E-state index < -0.39 is 0 Å². The SMILES string of the molecule is CCC(=O)Oc1ccc2oc(C)c3c(=O)n(-c4ccc(Cl)cc4)nc-3c2c1. The van der Waals surface area contributed by atoms with Crippen molar-refractivity contribution in [1.82, 2.24) is 9.78 Å². The van der Waals surface area contributed by atoms with Crippen LogP contribution in [0.3, 0.4) is 0 Å². The third-order valence-corrected chi connectivity index (χ3v) is 4.51. The Labute approximate surface area is 159 Å². The first-order valence-electron chi connectivity index (χ1n) is 8.40. The third kappa shape index (κ3) is 2.98. The molecule has 6 nitrogen and oxygen atoms in total. The maximum Gasteiger partial charge on any atom is 0.310 e. The molecule has 0 amide bonds. The maximum absolute atomic E-state index is 12.9. The van der Waals surface area contributed by atoms with Crippen molar-refractivity contribution in [1.29, 1.82) is 0 Å². The monoisotopic (exact) mass is 382 g/mol. The van der Waals surface area contributed by atoms with E-state index in [4.69, 9.17) is 20.8 Å². The van der Waals surface area contributed by atoms with Gasteiger partial charge in [-0.1, -0.05) is 18.5 Å². The molecular formula is C20H15ClN2O4. The standard InChI is InChI=1S/C20H15ClN2O4/c1-3-17(24)27-14-8-9-16-15(10-14)19-18(11(2)26-16)20(25)23(22-19)13-6-4-12(21)5-7-13/h4-10H,3H2,1-2H3. The first kappa shape index (κ1) is 17.3. The van der Waals surface area contributed by atoms with Crippen molar-refractivity contribution in [3.05, 3.63) is 63.6 Å². The number of fused-ring (bicyclic) bond motifs is 3. The molecule has 0 aromatic heterocycles. The van der Waals surface area contributed by atoms with E-state index in [1.54, 1.807) is 56.3 Å². The van der Waals surface area contributed by atoms with Crippen LogP contribution < -0.4 is 10.3 Å². The summed E-state index contributed by atoms with van der Waals surface area (Å²) in [6, 6.07) is 11.8. The van der Waals surface area contributed by atoms with Gasteiger partial charge in [0.05, 0.1) is 5.69 Å². The highest BCUT2D eigenvalue weighted by atomic mass is 35.5. The van der Waals surface area contributed by atoms with Gasteiger partial charge >= 0.3 is 5.97 Å². The molecule has 0 saturated heterocycles. The molecule has 0 saturated carbocycles. The number of rotatable bonds is 3. The minimum Gasteiger partial charge on any atom is -0.460 e. The van der Waals surface area contributed by atoms with Crippen molar-refractivity contribution >= 4 is 28.5 Å². The lowest BCUT2D eigenvalue weighted by Gasteiger charge is -2.07. The van der Waals surface area contributed by atoms with E-state index in [1.165, 1.54) is 4.68 Å². The van der Waals surface area contributed by atoms with E-state index in [0.29, 0.717) is 44.4 Å². The van der Waals surface area contributed by atoms with Crippen LogP contribution in [0.25, 0.3) is 27.9 Å². The van der Waals surface area contributed by atoms with Gasteiger partial charge < -0.3 is 9.15 Å². The predicted molar refractivity (Wildman–Crippen MR) is 102 cm³/mol. The number of hydrogen-bond acceptors (Lipinski definition) is 5. The van der Waals surface area contributed by atoms with E-state index in [-0.39, 0.29) is 17.9 Å². The van der Waals surface area contributed by atoms with Gasteiger partial charge in [-0.2, -0.15) is 9.78 Å². The van der Waals surface area contributed by atoms with Gasteiger partial charge in [-0.15, -0.1) is 0 Å². The Morgan fingerprint density at radius 1 is 1.22 bits per heavy atom. The smallest absolute Gasteiger partial charge is 0.310 e. The molecule has 2 aromatic rings. The Hall–Kier alpha value is -3.12. The average molecular weight is 383 g/mol. The van der Waals surface area contributed by atoms with Gasteiger partial charge in [-0.05, 0) is 49.4 Å². The maximum atomic E-state index is 12.9. The van der Waals surface area contributed by atoms with E-state index in [9.17, 15) is 9.59 Å². The quantitative estimate of drug-likeness (QED) is 0.388. The van der Waals surface area contributed by atoms with Gasteiger partial charge in [0.1, 0.15) is 28.4 Å². The normalized spacial score (nSPS) is 11.2. The zero-order valence-electron chi connectivity index (χ0n) is 14.7. The fourth-order valence-corrected chi connectivity index (χ4v) is 3.06. The van der Waals surface area contributed by atoms with Crippen molar-refractivity contribution in [2.75, 3.05) is 0 Å². The highest BCUT2D eigenvalue weighted by Crippen LogP contribution is 2.33. The molecule has 0 unspecified atom stereocenters. The second-order valence-electron chi connectivity index (χ2n) is 6.06. The number of nitrogens with zero attached hydrogens (tertiary/aromatic N) is 2. The first-order valence-corrected chi connectivity index (χ1v) is 8.78. The molecule has 0 atom stereocenters. The molecule has 2 heterocycles. The largest absolute Gasteiger partial charge is 0.460 e. The van der Waals surface area contributed by atoms with Crippen LogP contribution in [0.1, 0.15) is 19.1 Å². The number of carbonyl (C=O) groups excluding carboxylic acids is 1. The van der Waals surface area contributed by atoms with Crippen molar-refractivity contribution in [2.45, 2.75) is 20.3 Å². The third-order valence-electron chi connectivity index (χ3n) is 4.26. The number of esters is 1. The number of carbonyl (C=O) groups is 1. The molecular weight excluding hydrogens is 368 g/mol. The summed E-state index contributed by atoms with van der Waals surface area (Å²) in [6.07, 6.45) is 0.265. The molecule has 7 heteroatoms. The van der Waals surface area contributed by atoms with Crippen LogP contribution in [0.15, 0.2) is 51.7 Å². The van der Waals surface area contributed by atoms with Crippen LogP contribution in [-0.4, -0.2) is 15.7 Å². The molecule has 2 aromatic carbocycles. The van der Waals surface area contributed by atoms with Crippen molar-refractivity contribution < 1.29 is 13.9 Å². The molecule has 136 valence electrons. The highest BCUT2D eigenvalue weighted by molar-refractivity contribution is 6.30. The number of aromatic nitrogens is 2. The summed E-state index contributed by atoms with van der Waals surface area (Å²) < 4.78 is 12.4. The fourth-order valence-electron chi connectivity index (χ4n) is 2.93. The Morgan fingerprint density at radius 2 is 1.96 bits per heavy atom. The second kappa shape index (κ2) is 6.55. The lowest BCUT2D eigenvalue weighted by atomic mass is 10.1. The van der Waals surface area contributed by atoms with Crippen LogP contribution in [-0.2, 0) is 4.79 Å². The van der Waals surface area contributed by atoms with Gasteiger partial charge in [-0.25, -0.2) is 0 Å². The molecule has 2 aliphatic heterocycles. The molecule has 0 radical (unpaired) electrons. The number of hydrogen-bond donors (Lipinski definition) is 0. The summed E-state index contributed by atoms with van der Waals surface area (Å²) in [5, 5.41) is 5.67. The van der Waals surface area contributed by atoms with Crippen LogP contribution in [0.4, 0.5) is 0 Å². The molecule has 2 aliphatic rings. The van der Waals surface area contributed by atoms with Crippen molar-refractivity contribution in [3.8, 4) is 22.7 Å². The number of benzene rings is 2. The topological polar surface area (TPSA) is 74.3 Å². The molecule has 4 rings (SSSR count). The minimum absolute atomic E-state index is 0.265. The molecule has 0 aliphatic carbocycles. The fraction of sp³-hybridized carbons (Fsp3) is 0.150. The second-order valence-corrected chi connectivity index (χ2v) is 6.50. The van der Waals surface area contributed by atoms with Crippen molar-refractivity contribution in [2.24, 2.45) is 0 Å². The van der Waals surface area contributed by atoms with Gasteiger partial charge in [0, 0.05) is 16.8 Å². The average Bonchev–Trinajstić information content (AvgIpc) is 3.01. The number of halogens is 1. The first-order chi connectivity index (χ1) is 13.0. The minimum atomic E-state index is -0.342. The van der Waals surface area contributed by atoms with Crippen LogP contribution in [0.5, 0.6) is 5.75 Å². The molecule has 27 heavy (non-hydrogen) atoms. The van der Waals surface area contributed by atoms with E-state index in [2.05, 4.69) is 5.10 Å². The van der Waals surface area contributed by atoms with Crippen LogP contribution in [0.2, 0.25) is 5.02 Å². The molecule has 0 N–H and O–H groups in total. The summed E-state index contributed by atoms with van der Waals surface area (Å²) in [5.41, 5.74) is 1.74. The van der Waals surface area contributed by atoms with E-state index >= 15 is 0 Å². The molecule has 0 fully saturated rings. The summed E-state index contributed by atoms with van der Waals surface area (Å²) in [7, 11) is 0. The zero-order valence-corrected chi connectivity index (χ0v) is 15.4. The Morgan fingerprint density at radius 3 is 2.67 bits per heavy atom. The van der Waals surface area contributed by atoms with Crippen molar-refractivity contribution in [3.63, 3.8) is 0 Å². The highest BCUT2D eigenvalue weighted by Gasteiger charge is 2.24. The lowest BCUT2D eigenvalue weighted by molar-refractivity contribution is -0.134. The lowest BCUT2D eigenvalue weighted by Crippen LogP contribution is -2.14. The van der Waals surface area contributed by atoms with Gasteiger partial charge in [0.15, 0.2) is 0 Å². The summed E-state index contributed by atoms with van der Waals surface area (Å²) in [6.45, 7) is 3.44. The number of ether oxygens (including phenoxy) is 1. The van der Waals surface area contributed by atoms with Gasteiger partial charge in [-0.3, -0.25) is 9.59 Å². The summed E-state index contributed by atoms with van der Waals surface area (Å²) >= 11 is 5.93. The van der Waals surface area contributed by atoms with E-state index in [0.717, 1.165) is 0 Å². The Kier molecular flexibility index (Phi) is 4.20. The summed E-state index contributed by atoms with van der Waals surface area (Å²) in [4.78, 5) is 24.5. The van der Waals surface area contributed by atoms with Crippen LogP contribution in [0, 0.1) is 6.92 Å². The number of aryl methyl sites for hydroxylation is 1. The summed E-state index contributed by atoms with van der Waals surface area (Å²) in [5.74, 6) is 0.509. The van der Waals surface area contributed by atoms with Crippen LogP contribution >= 0.6 is 11.6 Å². The Balaban J connectivity index is 1.96. The molecule has 0 bridgehead atoms. The van der Waals surface area contributed by atoms with E-state index in [1.807, 2.05) is 0 Å². The predicted octanol–water partition coefficient (Wildman–Crippen LogP) is 4.36.